The number of carbonyl (C=O) groups is 1. The molecular weight excluding hydrogens is 454 g/mol. The zero-order valence-corrected chi connectivity index (χ0v) is 20.1. The van der Waals surface area contributed by atoms with E-state index in [1.165, 1.54) is 26.7 Å². The summed E-state index contributed by atoms with van der Waals surface area (Å²) in [5.74, 6) is -2.80. The minimum Gasteiger partial charge on any atom is -0.443 e. The lowest BCUT2D eigenvalue weighted by molar-refractivity contribution is -0.114. The monoisotopic (exact) mass is 482 g/mol. The molecule has 11 heteroatoms. The molecule has 2 heterocycles. The van der Waals surface area contributed by atoms with E-state index in [0.717, 1.165) is 6.42 Å². The minimum absolute atomic E-state index is 0.138. The van der Waals surface area contributed by atoms with Gasteiger partial charge in [-0.05, 0) is 51.5 Å². The molecule has 1 amide bonds. The van der Waals surface area contributed by atoms with E-state index in [0.29, 0.717) is 20.7 Å². The fraction of sp³-hybridized carbons (Fsp3) is 0.636. The lowest BCUT2D eigenvalue weighted by Gasteiger charge is -2.35. The quantitative estimate of drug-likeness (QED) is 0.515. The Hall–Kier alpha value is -2.56. The van der Waals surface area contributed by atoms with Gasteiger partial charge in [0.2, 0.25) is 5.92 Å². The Labute approximate surface area is 193 Å². The number of nitrogens with one attached hydrogen (secondary N) is 1. The first-order chi connectivity index (χ1) is 15.3. The molecule has 0 unspecified atom stereocenters. The number of hydrogen-bond donors (Lipinski definition) is 1. The van der Waals surface area contributed by atoms with E-state index in [1.807, 2.05) is 6.92 Å². The Morgan fingerprint density at radius 1 is 1.33 bits per heavy atom. The third-order valence-corrected chi connectivity index (χ3v) is 7.28. The molecule has 2 aromatic rings. The second-order valence-electron chi connectivity index (χ2n) is 10.1. The van der Waals surface area contributed by atoms with Gasteiger partial charge < -0.3 is 4.74 Å². The Kier molecular flexibility index (Phi) is 5.74. The summed E-state index contributed by atoms with van der Waals surface area (Å²) in [6.07, 6.45) is 0.890. The van der Waals surface area contributed by atoms with Crippen LogP contribution in [0, 0.1) is 18.8 Å². The molecule has 1 N–H and O–H groups in total. The van der Waals surface area contributed by atoms with Gasteiger partial charge in [-0.1, -0.05) is 6.92 Å². The van der Waals surface area contributed by atoms with Crippen molar-refractivity contribution in [2.45, 2.75) is 78.0 Å². The van der Waals surface area contributed by atoms with Crippen molar-refractivity contribution in [1.29, 1.82) is 0 Å². The van der Waals surface area contributed by atoms with Crippen LogP contribution in [0.25, 0.3) is 10.2 Å². The highest BCUT2D eigenvalue weighted by atomic mass is 32.1. The molecular formula is C22H28F2N4O4S. The summed E-state index contributed by atoms with van der Waals surface area (Å²) in [6, 6.07) is -0.172. The third kappa shape index (κ3) is 4.73. The van der Waals surface area contributed by atoms with Crippen molar-refractivity contribution in [1.82, 2.24) is 14.6 Å². The minimum atomic E-state index is -2.69. The number of fused-ring (bicyclic) bond motifs is 1. The Morgan fingerprint density at radius 2 is 1.97 bits per heavy atom. The maximum Gasteiger partial charge on any atom is 0.428 e. The molecule has 2 atom stereocenters. The maximum absolute atomic E-state index is 13.4. The van der Waals surface area contributed by atoms with E-state index in [4.69, 9.17) is 4.74 Å². The number of ether oxygens (including phenoxy) is 1. The van der Waals surface area contributed by atoms with Crippen molar-refractivity contribution >= 4 is 33.9 Å². The molecule has 2 saturated carbocycles. The van der Waals surface area contributed by atoms with Crippen LogP contribution in [0.3, 0.4) is 0 Å². The smallest absolute Gasteiger partial charge is 0.428 e. The van der Waals surface area contributed by atoms with Gasteiger partial charge in [-0.15, -0.1) is 11.3 Å². The van der Waals surface area contributed by atoms with Gasteiger partial charge in [0, 0.05) is 25.4 Å². The van der Waals surface area contributed by atoms with E-state index in [9.17, 15) is 23.2 Å². The summed E-state index contributed by atoms with van der Waals surface area (Å²) < 4.78 is 34.7. The molecule has 0 spiro atoms. The average Bonchev–Trinajstić information content (AvgIpc) is 3.26. The highest BCUT2D eigenvalue weighted by Gasteiger charge is 2.46. The molecule has 0 saturated heterocycles. The summed E-state index contributed by atoms with van der Waals surface area (Å²) in [7, 11) is 0. The van der Waals surface area contributed by atoms with E-state index in [2.05, 4.69) is 10.5 Å². The van der Waals surface area contributed by atoms with Crippen LogP contribution >= 0.6 is 11.3 Å². The third-order valence-electron chi connectivity index (χ3n) is 6.03. The SMILES string of the molecule is Cc1c(C=NNC(=O)OC(C)(C)C)sc2c1c(=O)n([C@H]1C[C@@H]1C)c(=O)n2CC1CC(F)(F)C1. The molecule has 0 bridgehead atoms. The molecule has 2 aromatic heterocycles. The molecule has 0 aliphatic heterocycles. The van der Waals surface area contributed by atoms with Crippen molar-refractivity contribution < 1.29 is 18.3 Å². The number of nitrogens with zero attached hydrogens (tertiary/aromatic N) is 3. The molecule has 0 radical (unpaired) electrons. The van der Waals surface area contributed by atoms with Crippen LogP contribution < -0.4 is 16.7 Å². The normalized spacial score (nSPS) is 22.5. The van der Waals surface area contributed by atoms with Gasteiger partial charge in [0.05, 0.1) is 16.5 Å². The first-order valence-electron chi connectivity index (χ1n) is 11.0. The molecule has 2 aliphatic carbocycles. The number of aromatic nitrogens is 2. The van der Waals surface area contributed by atoms with Gasteiger partial charge in [0.25, 0.3) is 5.56 Å². The van der Waals surface area contributed by atoms with Crippen molar-refractivity contribution in [3.8, 4) is 0 Å². The second kappa shape index (κ2) is 8.03. The highest BCUT2D eigenvalue weighted by molar-refractivity contribution is 7.20. The van der Waals surface area contributed by atoms with Crippen molar-refractivity contribution in [3.63, 3.8) is 0 Å². The van der Waals surface area contributed by atoms with Gasteiger partial charge in [-0.2, -0.15) is 5.10 Å². The average molecular weight is 483 g/mol. The summed E-state index contributed by atoms with van der Waals surface area (Å²) in [5.41, 5.74) is 1.42. The Balaban J connectivity index is 1.72. The van der Waals surface area contributed by atoms with Crippen molar-refractivity contribution in [2.75, 3.05) is 0 Å². The number of amides is 1. The second-order valence-corrected chi connectivity index (χ2v) is 11.2. The van der Waals surface area contributed by atoms with E-state index < -0.39 is 23.3 Å². The molecule has 180 valence electrons. The number of hydrazone groups is 1. The number of alkyl halides is 2. The zero-order valence-electron chi connectivity index (χ0n) is 19.3. The number of thiophene rings is 1. The molecule has 33 heavy (non-hydrogen) atoms. The predicted molar refractivity (Wildman–Crippen MR) is 123 cm³/mol. The van der Waals surface area contributed by atoms with Gasteiger partial charge >= 0.3 is 11.8 Å². The number of rotatable bonds is 5. The molecule has 8 nitrogen and oxygen atoms in total. The topological polar surface area (TPSA) is 94.7 Å². The molecule has 2 aliphatic rings. The highest BCUT2D eigenvalue weighted by Crippen LogP contribution is 2.44. The fourth-order valence-electron chi connectivity index (χ4n) is 4.24. The first-order valence-corrected chi connectivity index (χ1v) is 11.8. The fourth-order valence-corrected chi connectivity index (χ4v) is 5.41. The lowest BCUT2D eigenvalue weighted by Crippen LogP contribution is -2.44. The van der Waals surface area contributed by atoms with Crippen LogP contribution in [-0.4, -0.2) is 33.0 Å². The van der Waals surface area contributed by atoms with Gasteiger partial charge in [-0.3, -0.25) is 13.9 Å². The maximum atomic E-state index is 13.4. The number of halogens is 2. The molecule has 4 rings (SSSR count). The van der Waals surface area contributed by atoms with Crippen molar-refractivity contribution in [2.24, 2.45) is 16.9 Å². The van der Waals surface area contributed by atoms with E-state index in [-0.39, 0.29) is 42.8 Å². The molecule has 0 aromatic carbocycles. The largest absolute Gasteiger partial charge is 0.443 e. The zero-order chi connectivity index (χ0) is 24.3. The van der Waals surface area contributed by atoms with Crippen LogP contribution in [0.4, 0.5) is 13.6 Å². The summed E-state index contributed by atoms with van der Waals surface area (Å²) >= 11 is 1.18. The standard InChI is InChI=1S/C22H28F2N4O4S/c1-11-6-14(11)28-17(29)16-12(2)15(9-25-26-19(30)32-21(3,4)5)33-18(16)27(20(28)31)10-13-7-22(23,24)8-13/h9,11,13-14H,6-8,10H2,1-5H3,(H,26,30)/t11-,14-/m0/s1. The number of carbonyl (C=O) groups excluding carboxylic acids is 1. The van der Waals surface area contributed by atoms with Crippen molar-refractivity contribution in [3.05, 3.63) is 31.3 Å². The van der Waals surface area contributed by atoms with Gasteiger partial charge in [0.1, 0.15) is 10.4 Å². The van der Waals surface area contributed by atoms with Crippen LogP contribution in [-0.2, 0) is 11.3 Å². The lowest BCUT2D eigenvalue weighted by atomic mass is 9.81. The van der Waals surface area contributed by atoms with Gasteiger partial charge in [-0.25, -0.2) is 23.8 Å². The van der Waals surface area contributed by atoms with Crippen LogP contribution in [0.15, 0.2) is 14.7 Å². The van der Waals surface area contributed by atoms with Crippen LogP contribution in [0.2, 0.25) is 0 Å². The summed E-state index contributed by atoms with van der Waals surface area (Å²) in [4.78, 5) is 39.4. The first kappa shape index (κ1) is 23.6. The van der Waals surface area contributed by atoms with Gasteiger partial charge in [0.15, 0.2) is 0 Å². The number of hydrogen-bond acceptors (Lipinski definition) is 6. The Morgan fingerprint density at radius 3 is 2.52 bits per heavy atom. The predicted octanol–water partition coefficient (Wildman–Crippen LogP) is 4.02. The summed E-state index contributed by atoms with van der Waals surface area (Å²) in [6.45, 7) is 9.06. The Bertz CT molecular complexity index is 1250. The van der Waals surface area contributed by atoms with Crippen LogP contribution in [0.5, 0.6) is 0 Å². The van der Waals surface area contributed by atoms with Crippen LogP contribution in [0.1, 0.15) is 63.4 Å². The van der Waals surface area contributed by atoms with E-state index in [1.54, 1.807) is 27.7 Å². The summed E-state index contributed by atoms with van der Waals surface area (Å²) in [5, 5.41) is 4.31. The molecule has 2 fully saturated rings. The number of aryl methyl sites for hydroxylation is 1. The van der Waals surface area contributed by atoms with E-state index >= 15 is 0 Å².